The smallest absolute Gasteiger partial charge is 0.437 e. The number of alkyl halides is 3. The van der Waals surface area contributed by atoms with Crippen molar-refractivity contribution < 1.29 is 32.2 Å². The van der Waals surface area contributed by atoms with Crippen molar-refractivity contribution >= 4 is 5.71 Å². The van der Waals surface area contributed by atoms with E-state index in [0.717, 1.165) is 49.0 Å². The SMILES string of the molecule is C/C=C/COc1cc(C)c(OCCCCCOc2ccc(/C(=N/OC)C(F)(F)F)cc2C)c(C)c1. The quantitative estimate of drug-likeness (QED) is 0.129. The maximum absolute atomic E-state index is 13.1. The van der Waals surface area contributed by atoms with Crippen LogP contribution in [0.3, 0.4) is 0 Å². The third kappa shape index (κ3) is 8.85. The summed E-state index contributed by atoms with van der Waals surface area (Å²) < 4.78 is 56.9. The molecule has 0 aromatic heterocycles. The zero-order valence-corrected chi connectivity index (χ0v) is 21.0. The van der Waals surface area contributed by atoms with Gasteiger partial charge < -0.3 is 19.0 Å². The monoisotopic (exact) mass is 493 g/mol. The average molecular weight is 494 g/mol. The van der Waals surface area contributed by atoms with E-state index in [1.54, 1.807) is 6.92 Å². The van der Waals surface area contributed by atoms with Crippen LogP contribution in [0, 0.1) is 20.8 Å². The first-order chi connectivity index (χ1) is 16.7. The summed E-state index contributed by atoms with van der Waals surface area (Å²) in [6.45, 7) is 9.27. The fourth-order valence-corrected chi connectivity index (χ4v) is 3.52. The van der Waals surface area contributed by atoms with Crippen LogP contribution < -0.4 is 14.2 Å². The van der Waals surface area contributed by atoms with Crippen molar-refractivity contribution in [2.24, 2.45) is 5.16 Å². The minimum absolute atomic E-state index is 0.0654. The molecule has 192 valence electrons. The minimum atomic E-state index is -4.61. The molecule has 0 spiro atoms. The molecule has 35 heavy (non-hydrogen) atoms. The Morgan fingerprint density at radius 3 is 2.11 bits per heavy atom. The van der Waals surface area contributed by atoms with E-state index in [2.05, 4.69) is 9.99 Å². The Labute approximate surface area is 205 Å². The second-order valence-electron chi connectivity index (χ2n) is 8.12. The van der Waals surface area contributed by atoms with Gasteiger partial charge in [0.25, 0.3) is 0 Å². The molecule has 0 fully saturated rings. The van der Waals surface area contributed by atoms with E-state index < -0.39 is 11.9 Å². The summed E-state index contributed by atoms with van der Waals surface area (Å²) >= 11 is 0. The predicted molar refractivity (Wildman–Crippen MR) is 132 cm³/mol. The highest BCUT2D eigenvalue weighted by atomic mass is 19.4. The molecule has 0 saturated heterocycles. The Morgan fingerprint density at radius 1 is 0.886 bits per heavy atom. The zero-order valence-electron chi connectivity index (χ0n) is 21.0. The van der Waals surface area contributed by atoms with Gasteiger partial charge in [0.2, 0.25) is 0 Å². The van der Waals surface area contributed by atoms with Gasteiger partial charge in [-0.05, 0) is 94.0 Å². The first-order valence-electron chi connectivity index (χ1n) is 11.6. The number of hydrogen-bond donors (Lipinski definition) is 0. The van der Waals surface area contributed by atoms with Crippen molar-refractivity contribution in [2.75, 3.05) is 26.9 Å². The van der Waals surface area contributed by atoms with Gasteiger partial charge in [-0.2, -0.15) is 13.2 Å². The molecule has 0 heterocycles. The number of oxime groups is 1. The third-order valence-electron chi connectivity index (χ3n) is 5.21. The summed E-state index contributed by atoms with van der Waals surface area (Å²) in [7, 11) is 1.08. The second kappa shape index (κ2) is 13.7. The molecular weight excluding hydrogens is 459 g/mol. The summed E-state index contributed by atoms with van der Waals surface area (Å²) in [5.74, 6) is 2.25. The summed E-state index contributed by atoms with van der Waals surface area (Å²) in [6.07, 6.45) is 1.87. The standard InChI is InChI=1S/C27H34F3NO4/c1-6-7-13-33-23-17-20(3)25(21(4)18-23)35-15-10-8-9-14-34-24-12-11-22(16-19(24)2)26(31-32-5)27(28,29)30/h6-7,11-12,16-18H,8-10,13-15H2,1-5H3/b7-6+,31-26-. The molecule has 0 amide bonds. The van der Waals surface area contributed by atoms with Gasteiger partial charge in [0.15, 0.2) is 5.71 Å². The van der Waals surface area contributed by atoms with Crippen LogP contribution in [0.5, 0.6) is 17.2 Å². The van der Waals surface area contributed by atoms with Gasteiger partial charge in [-0.25, -0.2) is 0 Å². The number of nitrogens with zero attached hydrogens (tertiary/aromatic N) is 1. The number of allylic oxidation sites excluding steroid dienone is 1. The number of halogens is 3. The van der Waals surface area contributed by atoms with E-state index in [9.17, 15) is 13.2 Å². The van der Waals surface area contributed by atoms with Crippen LogP contribution in [0.1, 0.15) is 48.4 Å². The minimum Gasteiger partial charge on any atom is -0.493 e. The maximum Gasteiger partial charge on any atom is 0.437 e. The molecule has 8 heteroatoms. The third-order valence-corrected chi connectivity index (χ3v) is 5.21. The summed E-state index contributed by atoms with van der Waals surface area (Å²) in [6, 6.07) is 8.22. The zero-order chi connectivity index (χ0) is 25.8. The predicted octanol–water partition coefficient (Wildman–Crippen LogP) is 7.11. The van der Waals surface area contributed by atoms with Crippen LogP contribution in [0.2, 0.25) is 0 Å². The molecule has 5 nitrogen and oxygen atoms in total. The highest BCUT2D eigenvalue weighted by Crippen LogP contribution is 2.29. The van der Waals surface area contributed by atoms with Crippen LogP contribution in [0.15, 0.2) is 47.6 Å². The number of ether oxygens (including phenoxy) is 3. The van der Waals surface area contributed by atoms with Gasteiger partial charge in [-0.15, -0.1) is 0 Å². The van der Waals surface area contributed by atoms with E-state index >= 15 is 0 Å². The molecule has 0 aliphatic carbocycles. The number of aryl methyl sites for hydroxylation is 3. The molecule has 0 N–H and O–H groups in total. The molecule has 0 unspecified atom stereocenters. The number of hydrogen-bond acceptors (Lipinski definition) is 5. The molecule has 2 rings (SSSR count). The van der Waals surface area contributed by atoms with E-state index in [4.69, 9.17) is 14.2 Å². The van der Waals surface area contributed by atoms with Crippen molar-refractivity contribution in [2.45, 2.75) is 53.1 Å². The number of benzene rings is 2. The van der Waals surface area contributed by atoms with Crippen molar-refractivity contribution in [3.63, 3.8) is 0 Å². The van der Waals surface area contributed by atoms with Gasteiger partial charge in [0.1, 0.15) is 31.0 Å². The molecule has 2 aromatic carbocycles. The molecule has 2 aromatic rings. The highest BCUT2D eigenvalue weighted by Gasteiger charge is 2.38. The maximum atomic E-state index is 13.1. The van der Waals surface area contributed by atoms with Crippen LogP contribution in [-0.2, 0) is 4.84 Å². The second-order valence-corrected chi connectivity index (χ2v) is 8.12. The van der Waals surface area contributed by atoms with Gasteiger partial charge in [-0.3, -0.25) is 0 Å². The first-order valence-corrected chi connectivity index (χ1v) is 11.6. The lowest BCUT2D eigenvalue weighted by Crippen LogP contribution is -2.24. The van der Waals surface area contributed by atoms with Crippen molar-refractivity contribution in [3.8, 4) is 17.2 Å². The Balaban J connectivity index is 1.77. The van der Waals surface area contributed by atoms with E-state index in [0.29, 0.717) is 31.1 Å². The van der Waals surface area contributed by atoms with E-state index in [-0.39, 0.29) is 5.56 Å². The first kappa shape index (κ1) is 28.1. The lowest BCUT2D eigenvalue weighted by molar-refractivity contribution is -0.0608. The lowest BCUT2D eigenvalue weighted by Gasteiger charge is -2.15. The normalized spacial score (nSPS) is 12.2. The number of unbranched alkanes of at least 4 members (excludes halogenated alkanes) is 2. The van der Waals surface area contributed by atoms with Gasteiger partial charge in [-0.1, -0.05) is 17.3 Å². The van der Waals surface area contributed by atoms with Crippen molar-refractivity contribution in [1.82, 2.24) is 0 Å². The molecule has 0 aliphatic rings. The van der Waals surface area contributed by atoms with Crippen LogP contribution in [-0.4, -0.2) is 38.8 Å². The van der Waals surface area contributed by atoms with Crippen molar-refractivity contribution in [3.05, 3.63) is 64.7 Å². The molecule has 0 aliphatic heterocycles. The molecule has 0 saturated carbocycles. The Hall–Kier alpha value is -3.16. The van der Waals surface area contributed by atoms with E-state index in [1.807, 2.05) is 45.1 Å². The number of rotatable bonds is 13. The fourth-order valence-electron chi connectivity index (χ4n) is 3.52. The Kier molecular flexibility index (Phi) is 11.0. The molecular formula is C27H34F3NO4. The van der Waals surface area contributed by atoms with Gasteiger partial charge in [0, 0.05) is 5.56 Å². The Morgan fingerprint density at radius 2 is 1.54 bits per heavy atom. The van der Waals surface area contributed by atoms with E-state index in [1.165, 1.54) is 18.2 Å². The fraction of sp³-hybridized carbons (Fsp3) is 0.444. The highest BCUT2D eigenvalue weighted by molar-refractivity contribution is 6.04. The molecule has 0 bridgehead atoms. The summed E-state index contributed by atoms with van der Waals surface area (Å²) in [5, 5.41) is 3.12. The lowest BCUT2D eigenvalue weighted by atomic mass is 10.1. The molecule has 0 atom stereocenters. The van der Waals surface area contributed by atoms with Crippen LogP contribution in [0.25, 0.3) is 0 Å². The van der Waals surface area contributed by atoms with Crippen LogP contribution >= 0.6 is 0 Å². The summed E-state index contributed by atoms with van der Waals surface area (Å²) in [5.41, 5.74) is 1.53. The average Bonchev–Trinajstić information content (AvgIpc) is 2.78. The van der Waals surface area contributed by atoms with Crippen molar-refractivity contribution in [1.29, 1.82) is 0 Å². The topological polar surface area (TPSA) is 49.3 Å². The van der Waals surface area contributed by atoms with Gasteiger partial charge >= 0.3 is 6.18 Å². The molecule has 0 radical (unpaired) electrons. The van der Waals surface area contributed by atoms with Gasteiger partial charge in [0.05, 0.1) is 13.2 Å². The van der Waals surface area contributed by atoms with Crippen LogP contribution in [0.4, 0.5) is 13.2 Å². The Bertz CT molecular complexity index is 993. The largest absolute Gasteiger partial charge is 0.493 e. The summed E-state index contributed by atoms with van der Waals surface area (Å²) in [4.78, 5) is 4.35.